The number of nitrogens with one attached hydrogen (secondary N) is 1. The summed E-state index contributed by atoms with van der Waals surface area (Å²) in [4.78, 5) is 2.46. The Hall–Kier alpha value is -1.96. The number of hydrogen-bond donors (Lipinski definition) is 1. The number of rotatable bonds is 5. The van der Waals surface area contributed by atoms with Gasteiger partial charge >= 0.3 is 0 Å². The van der Waals surface area contributed by atoms with Crippen molar-refractivity contribution in [3.63, 3.8) is 0 Å². The summed E-state index contributed by atoms with van der Waals surface area (Å²) in [6, 6.07) is 15.5. The highest BCUT2D eigenvalue weighted by Crippen LogP contribution is 2.41. The van der Waals surface area contributed by atoms with Gasteiger partial charge in [0.25, 0.3) is 0 Å². The molecule has 1 aliphatic rings. The van der Waals surface area contributed by atoms with Crippen LogP contribution in [0.5, 0.6) is 0 Å². The van der Waals surface area contributed by atoms with Crippen LogP contribution in [0.3, 0.4) is 0 Å². The van der Waals surface area contributed by atoms with Gasteiger partial charge in [-0.2, -0.15) is 0 Å². The van der Waals surface area contributed by atoms with Crippen molar-refractivity contribution >= 4 is 17.1 Å². The van der Waals surface area contributed by atoms with Gasteiger partial charge in [0.15, 0.2) is 0 Å². The molecule has 0 aromatic heterocycles. The van der Waals surface area contributed by atoms with E-state index in [1.807, 2.05) is 0 Å². The molecule has 2 aromatic rings. The minimum Gasteiger partial charge on any atom is -0.366 e. The molecule has 3 rings (SSSR count). The Kier molecular flexibility index (Phi) is 4.61. The quantitative estimate of drug-likeness (QED) is 0.773. The molecule has 1 aliphatic heterocycles. The maximum atomic E-state index is 3.54. The van der Waals surface area contributed by atoms with Crippen molar-refractivity contribution in [2.75, 3.05) is 16.9 Å². The average molecular weight is 308 g/mol. The van der Waals surface area contributed by atoms with Crippen molar-refractivity contribution in [2.45, 2.75) is 40.5 Å². The lowest BCUT2D eigenvalue weighted by Gasteiger charge is -2.26. The van der Waals surface area contributed by atoms with Gasteiger partial charge in [-0.25, -0.2) is 0 Å². The van der Waals surface area contributed by atoms with Crippen molar-refractivity contribution in [2.24, 2.45) is 11.8 Å². The zero-order valence-electron chi connectivity index (χ0n) is 14.8. The van der Waals surface area contributed by atoms with Gasteiger partial charge in [-0.1, -0.05) is 58.0 Å². The maximum absolute atomic E-state index is 3.54. The molecule has 0 fully saturated rings. The van der Waals surface area contributed by atoms with Crippen LogP contribution in [0.2, 0.25) is 0 Å². The summed E-state index contributed by atoms with van der Waals surface area (Å²) in [5.74, 6) is 1.32. The molecule has 0 atom stereocenters. The predicted octanol–water partition coefficient (Wildman–Crippen LogP) is 5.60. The Bertz CT molecular complexity index is 645. The maximum Gasteiger partial charge on any atom is 0.0927 e. The third-order valence-corrected chi connectivity index (χ3v) is 4.35. The molecule has 2 heteroatoms. The first-order valence-electron chi connectivity index (χ1n) is 8.77. The molecule has 1 heterocycles. The van der Waals surface area contributed by atoms with E-state index < -0.39 is 0 Å². The predicted molar refractivity (Wildman–Crippen MR) is 101 cm³/mol. The van der Waals surface area contributed by atoms with Gasteiger partial charge < -0.3 is 10.2 Å². The average Bonchev–Trinajstić information content (AvgIpc) is 2.90. The molecule has 23 heavy (non-hydrogen) atoms. The first-order chi connectivity index (χ1) is 11.1. The zero-order valence-corrected chi connectivity index (χ0v) is 14.8. The second kappa shape index (κ2) is 6.66. The van der Waals surface area contributed by atoms with Crippen molar-refractivity contribution in [3.8, 4) is 0 Å². The van der Waals surface area contributed by atoms with Gasteiger partial charge in [0.05, 0.1) is 18.0 Å². The molecule has 1 N–H and O–H groups in total. The van der Waals surface area contributed by atoms with Gasteiger partial charge in [-0.3, -0.25) is 0 Å². The largest absolute Gasteiger partial charge is 0.366 e. The van der Waals surface area contributed by atoms with Gasteiger partial charge in [0.1, 0.15) is 0 Å². The van der Waals surface area contributed by atoms with E-state index in [9.17, 15) is 0 Å². The molecule has 0 amide bonds. The minimum atomic E-state index is 0.661. The Labute approximate surface area is 140 Å². The summed E-state index contributed by atoms with van der Waals surface area (Å²) >= 11 is 0. The Balaban J connectivity index is 2.08. The number of fused-ring (bicyclic) bond motifs is 1. The highest BCUT2D eigenvalue weighted by atomic mass is 15.3. The summed E-state index contributed by atoms with van der Waals surface area (Å²) in [5, 5.41) is 3.54. The van der Waals surface area contributed by atoms with E-state index in [-0.39, 0.29) is 0 Å². The fourth-order valence-electron chi connectivity index (χ4n) is 3.51. The number of benzene rings is 2. The number of nitrogens with zero attached hydrogens (tertiary/aromatic N) is 1. The normalized spacial score (nSPS) is 13.6. The second-order valence-electron chi connectivity index (χ2n) is 7.40. The molecule has 0 radical (unpaired) electrons. The van der Waals surface area contributed by atoms with Crippen LogP contribution < -0.4 is 10.2 Å². The van der Waals surface area contributed by atoms with Gasteiger partial charge in [-0.05, 0) is 47.9 Å². The van der Waals surface area contributed by atoms with E-state index in [1.54, 1.807) is 0 Å². The van der Waals surface area contributed by atoms with Gasteiger partial charge in [-0.15, -0.1) is 0 Å². The first-order valence-corrected chi connectivity index (χ1v) is 8.77. The monoisotopic (exact) mass is 308 g/mol. The minimum absolute atomic E-state index is 0.661. The van der Waals surface area contributed by atoms with Crippen LogP contribution in [0.1, 0.15) is 38.8 Å². The van der Waals surface area contributed by atoms with E-state index in [0.29, 0.717) is 11.8 Å². The molecule has 0 saturated heterocycles. The summed E-state index contributed by atoms with van der Waals surface area (Å²) in [6.07, 6.45) is 2.25. The van der Waals surface area contributed by atoms with E-state index in [4.69, 9.17) is 0 Å². The van der Waals surface area contributed by atoms with Crippen molar-refractivity contribution in [3.05, 3.63) is 53.6 Å². The van der Waals surface area contributed by atoms with Crippen LogP contribution in [-0.4, -0.2) is 6.67 Å². The summed E-state index contributed by atoms with van der Waals surface area (Å²) in [6.45, 7) is 10.1. The standard InChI is InChI=1S/C21H28N2/c1-15(2)12-17-8-7-9-18(13-16(3)4)21(17)23-14-22-19-10-5-6-11-20(19)23/h5-11,15-16,22H,12-14H2,1-4H3. The molecule has 0 aliphatic carbocycles. The lowest BCUT2D eigenvalue weighted by molar-refractivity contribution is 0.635. The van der Waals surface area contributed by atoms with E-state index in [0.717, 1.165) is 19.5 Å². The van der Waals surface area contributed by atoms with Crippen LogP contribution in [0.4, 0.5) is 17.1 Å². The van der Waals surface area contributed by atoms with E-state index >= 15 is 0 Å². The molecule has 2 nitrogen and oxygen atoms in total. The zero-order chi connectivity index (χ0) is 16.4. The van der Waals surface area contributed by atoms with Crippen LogP contribution >= 0.6 is 0 Å². The van der Waals surface area contributed by atoms with Gasteiger partial charge in [0, 0.05) is 5.69 Å². The van der Waals surface area contributed by atoms with Crippen LogP contribution in [0, 0.1) is 11.8 Å². The summed E-state index contributed by atoms with van der Waals surface area (Å²) < 4.78 is 0. The second-order valence-corrected chi connectivity index (χ2v) is 7.40. The molecule has 0 saturated carbocycles. The molecule has 0 bridgehead atoms. The molecule has 0 unspecified atom stereocenters. The highest BCUT2D eigenvalue weighted by Gasteiger charge is 2.24. The Morgan fingerprint density at radius 3 is 2.09 bits per heavy atom. The lowest BCUT2D eigenvalue weighted by atomic mass is 9.93. The van der Waals surface area contributed by atoms with E-state index in [2.05, 4.69) is 80.4 Å². The highest BCUT2D eigenvalue weighted by molar-refractivity contribution is 5.83. The van der Waals surface area contributed by atoms with Crippen LogP contribution in [0.15, 0.2) is 42.5 Å². The third-order valence-electron chi connectivity index (χ3n) is 4.35. The third kappa shape index (κ3) is 3.36. The van der Waals surface area contributed by atoms with Crippen LogP contribution in [-0.2, 0) is 12.8 Å². The Morgan fingerprint density at radius 1 is 0.870 bits per heavy atom. The van der Waals surface area contributed by atoms with E-state index in [1.165, 1.54) is 28.2 Å². The molecule has 122 valence electrons. The fourth-order valence-corrected chi connectivity index (χ4v) is 3.51. The molecular formula is C21H28N2. The van der Waals surface area contributed by atoms with Gasteiger partial charge in [0.2, 0.25) is 0 Å². The molecule has 2 aromatic carbocycles. The topological polar surface area (TPSA) is 15.3 Å². The van der Waals surface area contributed by atoms with Crippen molar-refractivity contribution < 1.29 is 0 Å². The number of para-hydroxylation sites is 3. The fraction of sp³-hybridized carbons (Fsp3) is 0.429. The first kappa shape index (κ1) is 15.9. The molecule has 0 spiro atoms. The summed E-state index contributed by atoms with van der Waals surface area (Å²) in [5.41, 5.74) is 6.90. The lowest BCUT2D eigenvalue weighted by Crippen LogP contribution is -2.20. The Morgan fingerprint density at radius 2 is 1.48 bits per heavy atom. The number of anilines is 3. The SMILES string of the molecule is CC(C)Cc1cccc(CC(C)C)c1N1CNc2ccccc21. The smallest absolute Gasteiger partial charge is 0.0927 e. The van der Waals surface area contributed by atoms with Crippen molar-refractivity contribution in [1.29, 1.82) is 0 Å². The number of hydrogen-bond acceptors (Lipinski definition) is 2. The summed E-state index contributed by atoms with van der Waals surface area (Å²) in [7, 11) is 0. The molecular weight excluding hydrogens is 280 g/mol. The van der Waals surface area contributed by atoms with Crippen LogP contribution in [0.25, 0.3) is 0 Å². The van der Waals surface area contributed by atoms with Crippen molar-refractivity contribution in [1.82, 2.24) is 0 Å².